The molecule has 3 nitrogen and oxygen atoms in total. The highest BCUT2D eigenvalue weighted by molar-refractivity contribution is 7.82. The van der Waals surface area contributed by atoms with Crippen molar-refractivity contribution in [1.82, 2.24) is 0 Å². The Balaban J connectivity index is 1.91. The Kier molecular flexibility index (Phi) is 7.37. The molecule has 4 rings (SSSR count). The van der Waals surface area contributed by atoms with Crippen LogP contribution >= 0.6 is 14.3 Å². The zero-order chi connectivity index (χ0) is 24.0. The van der Waals surface area contributed by atoms with Crippen molar-refractivity contribution in [3.05, 3.63) is 133 Å². The number of hydrogen-bond donors (Lipinski definition) is 0. The van der Waals surface area contributed by atoms with Gasteiger partial charge in [-0.05, 0) is 6.08 Å². The van der Waals surface area contributed by atoms with Crippen molar-refractivity contribution < 1.29 is 13.9 Å². The molecule has 4 aromatic rings. The average Bonchev–Trinajstić information content (AvgIpc) is 2.92. The van der Waals surface area contributed by atoms with Crippen molar-refractivity contribution in [3.8, 4) is 0 Å². The number of hydrogen-bond acceptors (Lipinski definition) is 3. The van der Waals surface area contributed by atoms with Gasteiger partial charge >= 0.3 is 0 Å². The molecule has 0 radical (unpaired) electrons. The normalized spacial score (nSPS) is 13.3. The molecule has 0 aliphatic heterocycles. The molecule has 0 amide bonds. The highest BCUT2D eigenvalue weighted by atomic mass is 31.2. The van der Waals surface area contributed by atoms with Gasteiger partial charge < -0.3 is 13.9 Å². The van der Waals surface area contributed by atoms with E-state index in [0.717, 1.165) is 10.6 Å². The van der Waals surface area contributed by atoms with Gasteiger partial charge in [0, 0.05) is 26.9 Å². The van der Waals surface area contributed by atoms with Gasteiger partial charge in [0.15, 0.2) is 5.50 Å². The lowest BCUT2D eigenvalue weighted by molar-refractivity contribution is 0.317. The summed E-state index contributed by atoms with van der Waals surface area (Å²) in [5, 5.41) is 2.87. The predicted octanol–water partition coefficient (Wildman–Crippen LogP) is 5.89. The van der Waals surface area contributed by atoms with Crippen molar-refractivity contribution in [3.63, 3.8) is 0 Å². The number of benzene rings is 4. The summed E-state index contributed by atoms with van der Waals surface area (Å²) >= 11 is 0. The monoisotopic (exact) mass is 486 g/mol. The maximum Gasteiger partial charge on any atom is 0.203 e. The van der Waals surface area contributed by atoms with Crippen LogP contribution < -0.4 is 21.2 Å². The van der Waals surface area contributed by atoms with Gasteiger partial charge in [-0.25, -0.2) is 0 Å². The molecule has 0 aromatic heterocycles. The zero-order valence-electron chi connectivity index (χ0n) is 19.3. The Morgan fingerprint density at radius 3 is 1.26 bits per heavy atom. The summed E-state index contributed by atoms with van der Waals surface area (Å²) in [5.41, 5.74) is -0.113. The topological polar surface area (TPSA) is 43.4 Å². The minimum Gasteiger partial charge on any atom is -0.493 e. The van der Waals surface area contributed by atoms with Crippen LogP contribution in [0.25, 0.3) is 0 Å². The van der Waals surface area contributed by atoms with E-state index in [4.69, 9.17) is 4.74 Å². The molecule has 0 aliphatic carbocycles. The van der Waals surface area contributed by atoms with E-state index < -0.39 is 19.9 Å². The minimum absolute atomic E-state index is 0.337. The van der Waals surface area contributed by atoms with Crippen LogP contribution in [-0.2, 0) is 13.9 Å². The molecule has 0 saturated heterocycles. The van der Waals surface area contributed by atoms with Crippen molar-refractivity contribution in [2.75, 3.05) is 7.11 Å². The largest absolute Gasteiger partial charge is 0.493 e. The second-order valence-corrected chi connectivity index (χ2v) is 13.9. The summed E-state index contributed by atoms with van der Waals surface area (Å²) in [6.45, 7) is 1.92. The lowest BCUT2D eigenvalue weighted by atomic mass is 10.4. The van der Waals surface area contributed by atoms with Gasteiger partial charge in [-0.2, -0.15) is 0 Å². The summed E-state index contributed by atoms with van der Waals surface area (Å²) < 4.78 is 35.4. The van der Waals surface area contributed by atoms with Gasteiger partial charge in [-0.15, -0.1) is 0 Å². The van der Waals surface area contributed by atoms with Crippen LogP contribution in [0.2, 0.25) is 0 Å². The van der Waals surface area contributed by atoms with Crippen molar-refractivity contribution in [2.45, 2.75) is 12.6 Å². The minimum atomic E-state index is -3.32. The van der Waals surface area contributed by atoms with Crippen molar-refractivity contribution in [2.24, 2.45) is 0 Å². The molecule has 1 unspecified atom stereocenters. The fourth-order valence-electron chi connectivity index (χ4n) is 4.21. The molecule has 0 saturated carbocycles. The van der Waals surface area contributed by atoms with Gasteiger partial charge in [0.1, 0.15) is 7.14 Å². The van der Waals surface area contributed by atoms with Crippen molar-refractivity contribution >= 4 is 35.5 Å². The molecular weight excluding hydrogens is 458 g/mol. The Bertz CT molecular complexity index is 1250. The summed E-state index contributed by atoms with van der Waals surface area (Å²) in [7, 11) is -4.90. The summed E-state index contributed by atoms with van der Waals surface area (Å²) in [4.78, 5) is 0. The fraction of sp³-hybridized carbons (Fsp3) is 0.103. The highest BCUT2D eigenvalue weighted by Gasteiger charge is 2.38. The fourth-order valence-corrected chi connectivity index (χ4v) is 9.82. The Morgan fingerprint density at radius 2 is 0.941 bits per heavy atom. The zero-order valence-corrected chi connectivity index (χ0v) is 21.1. The number of allylic oxidation sites excluding steroid dienone is 1. The highest BCUT2D eigenvalue weighted by Crippen LogP contribution is 2.55. The molecule has 0 heterocycles. The van der Waals surface area contributed by atoms with Crippen molar-refractivity contribution in [1.29, 1.82) is 0 Å². The number of rotatable bonds is 8. The van der Waals surface area contributed by atoms with E-state index in [1.165, 1.54) is 7.11 Å². The Labute approximate surface area is 201 Å². The molecule has 34 heavy (non-hydrogen) atoms. The van der Waals surface area contributed by atoms with Gasteiger partial charge in [0.2, 0.25) is 7.14 Å². The lowest BCUT2D eigenvalue weighted by Crippen LogP contribution is -2.24. The average molecular weight is 486 g/mol. The molecule has 172 valence electrons. The molecule has 0 fully saturated rings. The van der Waals surface area contributed by atoms with Crippen LogP contribution in [0.1, 0.15) is 6.92 Å². The predicted molar refractivity (Wildman–Crippen MR) is 144 cm³/mol. The van der Waals surface area contributed by atoms with Crippen LogP contribution in [0, 0.1) is 0 Å². The third-order valence-electron chi connectivity index (χ3n) is 6.00. The van der Waals surface area contributed by atoms with Crippen LogP contribution in [0.15, 0.2) is 133 Å². The number of ether oxygens (including phenoxy) is 1. The first-order valence-electron chi connectivity index (χ1n) is 11.2. The van der Waals surface area contributed by atoms with Gasteiger partial charge in [-0.1, -0.05) is 128 Å². The molecule has 0 bridgehead atoms. The summed E-state index contributed by atoms with van der Waals surface area (Å²) in [5.74, 6) is 0. The van der Waals surface area contributed by atoms with Crippen LogP contribution in [0.5, 0.6) is 0 Å². The standard InChI is InChI=1S/C29H28O3P2/c1-24(33(30,25-15-7-3-8-16-25)26-17-9-4-10-18-26)23-29(32-2)34(31,27-19-11-5-12-20-27)28-21-13-6-14-22-28/h3-24H,1-2H3/b29-23+. The SMILES string of the molecule is CO/C(=C\C(C)P(=O)(c1ccccc1)c1ccccc1)P(=O)(c1ccccc1)c1ccccc1. The smallest absolute Gasteiger partial charge is 0.203 e. The van der Waals surface area contributed by atoms with E-state index in [0.29, 0.717) is 16.1 Å². The quantitative estimate of drug-likeness (QED) is 0.230. The lowest BCUT2D eigenvalue weighted by Gasteiger charge is -2.27. The molecule has 5 heteroatoms. The maximum atomic E-state index is 14.8. The molecular formula is C29H28O3P2. The van der Waals surface area contributed by atoms with Gasteiger partial charge in [0.25, 0.3) is 0 Å². The second kappa shape index (κ2) is 10.4. The van der Waals surface area contributed by atoms with E-state index in [9.17, 15) is 9.13 Å². The Hall–Kier alpha value is -3.12. The molecule has 1 atom stereocenters. The first-order chi connectivity index (χ1) is 16.5. The van der Waals surface area contributed by atoms with E-state index in [2.05, 4.69) is 0 Å². The maximum absolute atomic E-state index is 14.8. The molecule has 0 aliphatic rings. The number of methoxy groups -OCH3 is 1. The van der Waals surface area contributed by atoms with Gasteiger partial charge in [0.05, 0.1) is 7.11 Å². The first-order valence-corrected chi connectivity index (χ1v) is 14.7. The summed E-state index contributed by atoms with van der Waals surface area (Å²) in [6, 6.07) is 37.8. The van der Waals surface area contributed by atoms with Crippen LogP contribution in [-0.4, -0.2) is 12.8 Å². The molecule has 4 aromatic carbocycles. The van der Waals surface area contributed by atoms with E-state index >= 15 is 0 Å². The third-order valence-corrected chi connectivity index (χ3v) is 12.4. The summed E-state index contributed by atoms with van der Waals surface area (Å²) in [6.07, 6.45) is 1.81. The third kappa shape index (κ3) is 4.47. The van der Waals surface area contributed by atoms with Crippen LogP contribution in [0.4, 0.5) is 0 Å². The van der Waals surface area contributed by atoms with E-state index in [1.807, 2.05) is 134 Å². The Morgan fingerprint density at radius 1 is 0.618 bits per heavy atom. The van der Waals surface area contributed by atoms with Gasteiger partial charge in [-0.3, -0.25) is 0 Å². The molecule has 0 spiro atoms. The second-order valence-electron chi connectivity index (χ2n) is 8.06. The van der Waals surface area contributed by atoms with E-state index in [1.54, 1.807) is 0 Å². The molecule has 0 N–H and O–H groups in total. The van der Waals surface area contributed by atoms with Crippen LogP contribution in [0.3, 0.4) is 0 Å². The first kappa shape index (κ1) is 24.0. The van der Waals surface area contributed by atoms with E-state index in [-0.39, 0.29) is 0 Å².